The van der Waals surface area contributed by atoms with E-state index in [1.165, 1.54) is 30.7 Å². The molecule has 0 radical (unpaired) electrons. The lowest BCUT2D eigenvalue weighted by Crippen LogP contribution is -2.15. The van der Waals surface area contributed by atoms with Crippen molar-refractivity contribution in [3.63, 3.8) is 0 Å². The van der Waals surface area contributed by atoms with Crippen molar-refractivity contribution in [1.82, 2.24) is 15.3 Å². The van der Waals surface area contributed by atoms with Gasteiger partial charge in [0.2, 0.25) is 0 Å². The molecule has 0 bridgehead atoms. The van der Waals surface area contributed by atoms with E-state index in [9.17, 15) is 0 Å². The van der Waals surface area contributed by atoms with Crippen molar-refractivity contribution in [3.8, 4) is 0 Å². The molecule has 0 spiro atoms. The molecule has 1 aromatic heterocycles. The van der Waals surface area contributed by atoms with Crippen LogP contribution in [0.25, 0.3) is 0 Å². The summed E-state index contributed by atoms with van der Waals surface area (Å²) >= 11 is 1.94. The zero-order valence-electron chi connectivity index (χ0n) is 9.25. The molecule has 4 heteroatoms. The van der Waals surface area contributed by atoms with E-state index in [0.717, 1.165) is 24.2 Å². The molecule has 15 heavy (non-hydrogen) atoms. The second-order valence-corrected chi connectivity index (χ2v) is 5.17. The van der Waals surface area contributed by atoms with Gasteiger partial charge in [0.05, 0.1) is 5.75 Å². The summed E-state index contributed by atoms with van der Waals surface area (Å²) in [6.45, 7) is 3.15. The lowest BCUT2D eigenvalue weighted by molar-refractivity contribution is 0.676. The highest BCUT2D eigenvalue weighted by atomic mass is 32.2. The van der Waals surface area contributed by atoms with Gasteiger partial charge in [0.15, 0.2) is 0 Å². The van der Waals surface area contributed by atoms with Crippen molar-refractivity contribution >= 4 is 11.8 Å². The number of hydrogen-bond acceptors (Lipinski definition) is 3. The number of hydrogen-bond donors (Lipinski definition) is 2. The molecule has 1 aliphatic carbocycles. The Morgan fingerprint density at radius 1 is 1.60 bits per heavy atom. The average Bonchev–Trinajstić information content (AvgIpc) is 2.97. The number of H-pyrrole nitrogens is 1. The number of thioether (sulfide) groups is 1. The standard InChI is InChI=1S/C11H19N3S/c1-2-5-15-8-11-13-7-10(14-11)6-12-9-3-4-9/h7,9,12H,2-6,8H2,1H3,(H,13,14). The van der Waals surface area contributed by atoms with Crippen molar-refractivity contribution in [2.75, 3.05) is 5.75 Å². The van der Waals surface area contributed by atoms with Crippen LogP contribution in [0.4, 0.5) is 0 Å². The fourth-order valence-corrected chi connectivity index (χ4v) is 2.20. The Bertz CT molecular complexity index is 294. The van der Waals surface area contributed by atoms with Gasteiger partial charge in [-0.15, -0.1) is 0 Å². The first-order chi connectivity index (χ1) is 7.38. The lowest BCUT2D eigenvalue weighted by atomic mass is 10.4. The summed E-state index contributed by atoms with van der Waals surface area (Å²) in [4.78, 5) is 7.73. The van der Waals surface area contributed by atoms with Gasteiger partial charge in [-0.25, -0.2) is 4.98 Å². The number of rotatable bonds is 7. The van der Waals surface area contributed by atoms with Crippen molar-refractivity contribution in [2.45, 2.75) is 44.5 Å². The predicted octanol–water partition coefficient (Wildman–Crippen LogP) is 2.30. The van der Waals surface area contributed by atoms with Crippen molar-refractivity contribution in [3.05, 3.63) is 17.7 Å². The maximum atomic E-state index is 4.37. The number of nitrogens with one attached hydrogen (secondary N) is 2. The van der Waals surface area contributed by atoms with Crippen LogP contribution in [-0.4, -0.2) is 21.8 Å². The average molecular weight is 225 g/mol. The summed E-state index contributed by atoms with van der Waals surface area (Å²) in [6.07, 6.45) is 5.87. The van der Waals surface area contributed by atoms with E-state index >= 15 is 0 Å². The van der Waals surface area contributed by atoms with Gasteiger partial charge < -0.3 is 10.3 Å². The van der Waals surface area contributed by atoms with E-state index in [4.69, 9.17) is 0 Å². The molecule has 0 aliphatic heterocycles. The van der Waals surface area contributed by atoms with Crippen LogP contribution in [0.3, 0.4) is 0 Å². The molecule has 0 atom stereocenters. The van der Waals surface area contributed by atoms with Gasteiger partial charge >= 0.3 is 0 Å². The second kappa shape index (κ2) is 5.56. The normalized spacial score (nSPS) is 15.8. The summed E-state index contributed by atoms with van der Waals surface area (Å²) < 4.78 is 0. The van der Waals surface area contributed by atoms with Gasteiger partial charge in [0.1, 0.15) is 5.82 Å². The van der Waals surface area contributed by atoms with Crippen molar-refractivity contribution in [2.24, 2.45) is 0 Å². The van der Waals surface area contributed by atoms with Crippen LogP contribution >= 0.6 is 11.8 Å². The summed E-state index contributed by atoms with van der Waals surface area (Å²) in [7, 11) is 0. The fraction of sp³-hybridized carbons (Fsp3) is 0.727. The van der Waals surface area contributed by atoms with Crippen molar-refractivity contribution < 1.29 is 0 Å². The van der Waals surface area contributed by atoms with Gasteiger partial charge in [-0.1, -0.05) is 6.92 Å². The van der Waals surface area contributed by atoms with E-state index in [1.807, 2.05) is 18.0 Å². The zero-order valence-corrected chi connectivity index (χ0v) is 10.1. The lowest BCUT2D eigenvalue weighted by Gasteiger charge is -1.99. The zero-order chi connectivity index (χ0) is 10.5. The molecule has 84 valence electrons. The number of aromatic amines is 1. The molecule has 0 amide bonds. The summed E-state index contributed by atoms with van der Waals surface area (Å²) in [6, 6.07) is 0.770. The molecule has 1 fully saturated rings. The highest BCUT2D eigenvalue weighted by Crippen LogP contribution is 2.19. The minimum absolute atomic E-state index is 0.770. The van der Waals surface area contributed by atoms with Gasteiger partial charge in [0, 0.05) is 24.5 Å². The SMILES string of the molecule is CCCSCc1ncc(CNC2CC2)[nH]1. The van der Waals surface area contributed by atoms with Crippen LogP contribution in [0.15, 0.2) is 6.20 Å². The summed E-state index contributed by atoms with van der Waals surface area (Å²) in [5.41, 5.74) is 1.22. The maximum absolute atomic E-state index is 4.37. The van der Waals surface area contributed by atoms with E-state index in [0.29, 0.717) is 0 Å². The molecular weight excluding hydrogens is 206 g/mol. The molecule has 2 rings (SSSR count). The Labute approximate surface area is 95.4 Å². The third-order valence-electron chi connectivity index (χ3n) is 2.43. The van der Waals surface area contributed by atoms with Crippen LogP contribution in [0.2, 0.25) is 0 Å². The van der Waals surface area contributed by atoms with E-state index in [2.05, 4.69) is 22.2 Å². The molecule has 1 aromatic rings. The smallest absolute Gasteiger partial charge is 0.116 e. The molecule has 1 aliphatic rings. The molecular formula is C11H19N3S. The Hall–Kier alpha value is -0.480. The van der Waals surface area contributed by atoms with Gasteiger partial charge in [-0.05, 0) is 25.0 Å². The maximum Gasteiger partial charge on any atom is 0.116 e. The Balaban J connectivity index is 1.70. The largest absolute Gasteiger partial charge is 0.344 e. The Morgan fingerprint density at radius 2 is 2.47 bits per heavy atom. The third kappa shape index (κ3) is 3.87. The monoisotopic (exact) mass is 225 g/mol. The van der Waals surface area contributed by atoms with E-state index in [-0.39, 0.29) is 0 Å². The first kappa shape index (κ1) is 11.0. The minimum atomic E-state index is 0.770. The Kier molecular flexibility index (Phi) is 4.09. The summed E-state index contributed by atoms with van der Waals surface area (Å²) in [5, 5.41) is 3.48. The van der Waals surface area contributed by atoms with E-state index in [1.54, 1.807) is 0 Å². The van der Waals surface area contributed by atoms with Crippen LogP contribution in [0.1, 0.15) is 37.7 Å². The fourth-order valence-electron chi connectivity index (χ4n) is 1.42. The van der Waals surface area contributed by atoms with Crippen molar-refractivity contribution in [1.29, 1.82) is 0 Å². The first-order valence-corrected chi connectivity index (χ1v) is 6.88. The molecule has 0 unspecified atom stereocenters. The molecule has 1 heterocycles. The minimum Gasteiger partial charge on any atom is -0.344 e. The summed E-state index contributed by atoms with van der Waals surface area (Å²) in [5.74, 6) is 3.34. The number of aromatic nitrogens is 2. The van der Waals surface area contributed by atoms with Crippen LogP contribution in [0.5, 0.6) is 0 Å². The number of nitrogens with zero attached hydrogens (tertiary/aromatic N) is 1. The predicted molar refractivity (Wildman–Crippen MR) is 64.9 cm³/mol. The van der Waals surface area contributed by atoms with Gasteiger partial charge in [0.25, 0.3) is 0 Å². The first-order valence-electron chi connectivity index (χ1n) is 5.72. The number of imidazole rings is 1. The van der Waals surface area contributed by atoms with E-state index < -0.39 is 0 Å². The molecule has 1 saturated carbocycles. The molecule has 3 nitrogen and oxygen atoms in total. The highest BCUT2D eigenvalue weighted by Gasteiger charge is 2.20. The highest BCUT2D eigenvalue weighted by molar-refractivity contribution is 7.98. The second-order valence-electron chi connectivity index (χ2n) is 4.06. The van der Waals surface area contributed by atoms with Crippen LogP contribution < -0.4 is 5.32 Å². The van der Waals surface area contributed by atoms with Gasteiger partial charge in [-0.3, -0.25) is 0 Å². The quantitative estimate of drug-likeness (QED) is 0.700. The van der Waals surface area contributed by atoms with Crippen LogP contribution in [-0.2, 0) is 12.3 Å². The molecule has 2 N–H and O–H groups in total. The third-order valence-corrected chi connectivity index (χ3v) is 3.60. The molecule has 0 saturated heterocycles. The topological polar surface area (TPSA) is 40.7 Å². The Morgan fingerprint density at radius 3 is 3.20 bits per heavy atom. The van der Waals surface area contributed by atoms with Gasteiger partial charge in [-0.2, -0.15) is 11.8 Å². The van der Waals surface area contributed by atoms with Crippen LogP contribution in [0, 0.1) is 0 Å². The molecule has 0 aromatic carbocycles.